The van der Waals surface area contributed by atoms with Crippen LogP contribution in [0.1, 0.15) is 47.5 Å². The second-order valence-electron chi connectivity index (χ2n) is 6.49. The van der Waals surface area contributed by atoms with E-state index >= 15 is 0 Å². The lowest BCUT2D eigenvalue weighted by atomic mass is 9.92. The lowest BCUT2D eigenvalue weighted by Gasteiger charge is -2.31. The van der Waals surface area contributed by atoms with E-state index in [1.807, 2.05) is 0 Å². The van der Waals surface area contributed by atoms with E-state index < -0.39 is 0 Å². The second kappa shape index (κ2) is 5.73. The third-order valence-electron chi connectivity index (χ3n) is 2.86. The number of likely N-dealkylation sites (tertiary alicyclic amines) is 1. The zero-order valence-corrected chi connectivity index (χ0v) is 11.6. The van der Waals surface area contributed by atoms with Gasteiger partial charge in [-0.1, -0.05) is 25.7 Å². The minimum Gasteiger partial charge on any atom is -0.303 e. The average molecular weight is 221 g/mol. The predicted molar refractivity (Wildman–Crippen MR) is 71.2 cm³/mol. The zero-order chi connectivity index (χ0) is 12.2. The van der Waals surface area contributed by atoms with Crippen LogP contribution in [0.25, 0.3) is 0 Å². The molecule has 1 rings (SSSR count). The number of hydrogen-bond donors (Lipinski definition) is 0. The monoisotopic (exact) mass is 221 g/mol. The second-order valence-corrected chi connectivity index (χ2v) is 6.49. The van der Waals surface area contributed by atoms with Gasteiger partial charge < -0.3 is 4.90 Å². The molecule has 0 unspecified atom stereocenters. The van der Waals surface area contributed by atoms with Gasteiger partial charge in [-0.3, -0.25) is 0 Å². The predicted octanol–water partition coefficient (Wildman–Crippen LogP) is 3.40. The maximum absolute atomic E-state index is 3.46. The van der Waals surface area contributed by atoms with Crippen molar-refractivity contribution in [1.29, 1.82) is 0 Å². The van der Waals surface area contributed by atoms with Gasteiger partial charge in [0.05, 0.1) is 0 Å². The summed E-state index contributed by atoms with van der Waals surface area (Å²) in [5.41, 5.74) is 0.162. The summed E-state index contributed by atoms with van der Waals surface area (Å²) < 4.78 is 0. The average Bonchev–Trinajstić information content (AvgIpc) is 2.14. The molecule has 0 N–H and O–H groups in total. The Balaban J connectivity index is 2.34. The summed E-state index contributed by atoms with van der Waals surface area (Å²) in [6.45, 7) is 14.9. The van der Waals surface area contributed by atoms with Gasteiger partial charge in [0, 0.05) is 17.9 Å². The van der Waals surface area contributed by atoms with Crippen LogP contribution in [0.5, 0.6) is 0 Å². The van der Waals surface area contributed by atoms with Crippen LogP contribution in [0.2, 0.25) is 0 Å². The molecule has 0 spiro atoms. The number of rotatable bonds is 2. The first kappa shape index (κ1) is 13.6. The third kappa shape index (κ3) is 5.56. The molecular formula is C15H27N. The Morgan fingerprint density at radius 1 is 1.19 bits per heavy atom. The van der Waals surface area contributed by atoms with E-state index in [1.165, 1.54) is 32.5 Å². The van der Waals surface area contributed by atoms with Gasteiger partial charge in [0.2, 0.25) is 0 Å². The molecule has 1 heteroatoms. The maximum Gasteiger partial charge on any atom is 0.0230 e. The van der Waals surface area contributed by atoms with Gasteiger partial charge in [-0.25, -0.2) is 0 Å². The van der Waals surface area contributed by atoms with E-state index in [2.05, 4.69) is 51.4 Å². The van der Waals surface area contributed by atoms with Crippen LogP contribution in [0.4, 0.5) is 0 Å². The van der Waals surface area contributed by atoms with Gasteiger partial charge >= 0.3 is 0 Å². The maximum atomic E-state index is 3.46. The third-order valence-corrected chi connectivity index (χ3v) is 2.86. The van der Waals surface area contributed by atoms with Gasteiger partial charge in [-0.05, 0) is 52.6 Å². The highest BCUT2D eigenvalue weighted by Gasteiger charge is 2.18. The molecule has 0 bridgehead atoms. The Kier molecular flexibility index (Phi) is 4.87. The van der Waals surface area contributed by atoms with Gasteiger partial charge in [0.25, 0.3) is 0 Å². The molecule has 0 amide bonds. The van der Waals surface area contributed by atoms with Crippen LogP contribution in [-0.2, 0) is 0 Å². The van der Waals surface area contributed by atoms with Gasteiger partial charge in [0.15, 0.2) is 0 Å². The Morgan fingerprint density at radius 3 is 2.19 bits per heavy atom. The van der Waals surface area contributed by atoms with E-state index in [1.54, 1.807) is 0 Å². The largest absolute Gasteiger partial charge is 0.303 e. The number of nitrogens with zero attached hydrogens (tertiary/aromatic N) is 1. The van der Waals surface area contributed by atoms with Crippen molar-refractivity contribution in [3.8, 4) is 11.8 Å². The fraction of sp³-hybridized carbons (Fsp3) is 0.867. The Labute approximate surface area is 102 Å². The smallest absolute Gasteiger partial charge is 0.0230 e. The molecule has 92 valence electrons. The molecule has 0 aromatic rings. The highest BCUT2D eigenvalue weighted by atomic mass is 15.1. The van der Waals surface area contributed by atoms with Crippen LogP contribution in [-0.4, -0.2) is 24.5 Å². The lowest BCUT2D eigenvalue weighted by molar-refractivity contribution is 0.187. The Morgan fingerprint density at radius 2 is 1.75 bits per heavy atom. The van der Waals surface area contributed by atoms with Crippen molar-refractivity contribution in [2.45, 2.75) is 47.5 Å². The number of piperidine rings is 1. The minimum atomic E-state index is 0.162. The van der Waals surface area contributed by atoms with Gasteiger partial charge in [-0.2, -0.15) is 0 Å². The highest BCUT2D eigenvalue weighted by Crippen LogP contribution is 2.18. The van der Waals surface area contributed by atoms with Crippen molar-refractivity contribution < 1.29 is 0 Å². The molecule has 1 nitrogen and oxygen atoms in total. The summed E-state index contributed by atoms with van der Waals surface area (Å²) in [6, 6.07) is 0. The minimum absolute atomic E-state index is 0.162. The Hall–Kier alpha value is -0.480. The molecule has 0 saturated carbocycles. The first-order valence-electron chi connectivity index (χ1n) is 6.62. The molecule has 16 heavy (non-hydrogen) atoms. The molecular weight excluding hydrogens is 194 g/mol. The summed E-state index contributed by atoms with van der Waals surface area (Å²) in [4.78, 5) is 2.58. The number of hydrogen-bond acceptors (Lipinski definition) is 1. The topological polar surface area (TPSA) is 3.24 Å². The normalized spacial score (nSPS) is 19.6. The summed E-state index contributed by atoms with van der Waals surface area (Å²) in [5.74, 6) is 8.27. The quantitative estimate of drug-likeness (QED) is 0.646. The molecule has 1 aliphatic heterocycles. The molecule has 0 aliphatic carbocycles. The fourth-order valence-electron chi connectivity index (χ4n) is 2.09. The lowest BCUT2D eigenvalue weighted by Crippen LogP contribution is -2.35. The first-order chi connectivity index (χ1) is 7.37. The highest BCUT2D eigenvalue weighted by molar-refractivity contribution is 5.10. The molecule has 0 atom stereocenters. The Bertz CT molecular complexity index is 253. The van der Waals surface area contributed by atoms with Crippen molar-refractivity contribution >= 4 is 0 Å². The van der Waals surface area contributed by atoms with Crippen molar-refractivity contribution in [1.82, 2.24) is 4.90 Å². The molecule has 1 saturated heterocycles. The van der Waals surface area contributed by atoms with Crippen LogP contribution < -0.4 is 0 Å². The molecule has 1 aliphatic rings. The SMILES string of the molecule is CC(C)CN1CCC(C#CC(C)(C)C)CC1. The van der Waals surface area contributed by atoms with E-state index in [9.17, 15) is 0 Å². The standard InChI is InChI=1S/C15H27N/c1-13(2)12-16-10-7-14(8-11-16)6-9-15(3,4)5/h13-14H,7-8,10-12H2,1-5H3. The van der Waals surface area contributed by atoms with Gasteiger partial charge in [0.1, 0.15) is 0 Å². The van der Waals surface area contributed by atoms with Crippen LogP contribution >= 0.6 is 0 Å². The molecule has 0 radical (unpaired) electrons. The molecule has 1 heterocycles. The summed E-state index contributed by atoms with van der Waals surface area (Å²) >= 11 is 0. The van der Waals surface area contributed by atoms with Crippen LogP contribution in [0, 0.1) is 29.1 Å². The molecule has 0 aromatic heterocycles. The molecule has 1 fully saturated rings. The fourth-order valence-corrected chi connectivity index (χ4v) is 2.09. The van der Waals surface area contributed by atoms with Crippen molar-refractivity contribution in [3.05, 3.63) is 0 Å². The van der Waals surface area contributed by atoms with E-state index in [0.717, 1.165) is 5.92 Å². The molecule has 0 aromatic carbocycles. The van der Waals surface area contributed by atoms with Crippen molar-refractivity contribution in [3.63, 3.8) is 0 Å². The van der Waals surface area contributed by atoms with Crippen molar-refractivity contribution in [2.75, 3.05) is 19.6 Å². The zero-order valence-electron chi connectivity index (χ0n) is 11.6. The van der Waals surface area contributed by atoms with Crippen LogP contribution in [0.15, 0.2) is 0 Å². The first-order valence-corrected chi connectivity index (χ1v) is 6.62. The van der Waals surface area contributed by atoms with E-state index in [-0.39, 0.29) is 5.41 Å². The van der Waals surface area contributed by atoms with E-state index in [0.29, 0.717) is 5.92 Å². The summed E-state index contributed by atoms with van der Waals surface area (Å²) in [6.07, 6.45) is 2.52. The van der Waals surface area contributed by atoms with Gasteiger partial charge in [-0.15, -0.1) is 0 Å². The van der Waals surface area contributed by atoms with Crippen molar-refractivity contribution in [2.24, 2.45) is 17.3 Å². The van der Waals surface area contributed by atoms with Crippen LogP contribution in [0.3, 0.4) is 0 Å². The summed E-state index contributed by atoms with van der Waals surface area (Å²) in [5, 5.41) is 0. The summed E-state index contributed by atoms with van der Waals surface area (Å²) in [7, 11) is 0. The van der Waals surface area contributed by atoms with E-state index in [4.69, 9.17) is 0 Å².